The quantitative estimate of drug-likeness (QED) is 0.473. The molecule has 1 aromatic rings. The second-order valence-corrected chi connectivity index (χ2v) is 6.89. The zero-order valence-corrected chi connectivity index (χ0v) is 15.7. The Kier molecular flexibility index (Phi) is 7.21. The molecule has 1 aromatic heterocycles. The molecule has 0 saturated heterocycles. The Morgan fingerprint density at radius 1 is 1.44 bits per heavy atom. The minimum absolute atomic E-state index is 0.0677. The highest BCUT2D eigenvalue weighted by atomic mass is 16.5. The number of rotatable bonds is 6. The molecule has 0 amide bonds. The number of esters is 1. The van der Waals surface area contributed by atoms with E-state index in [9.17, 15) is 4.79 Å². The molecule has 1 fully saturated rings. The fourth-order valence-electron chi connectivity index (χ4n) is 3.23. The number of carbonyl (C=O) groups excluding carboxylic acids is 1. The van der Waals surface area contributed by atoms with Gasteiger partial charge < -0.3 is 15.0 Å². The van der Waals surface area contributed by atoms with Crippen LogP contribution in [0.15, 0.2) is 11.2 Å². The number of methoxy groups -OCH3 is 1. The maximum atomic E-state index is 11.2. The molecule has 8 heteroatoms. The highest BCUT2D eigenvalue weighted by Gasteiger charge is 2.20. The maximum absolute atomic E-state index is 11.2. The minimum Gasteiger partial charge on any atom is -0.468 e. The molecule has 8 nitrogen and oxygen atoms in total. The minimum atomic E-state index is -0.346. The Bertz CT molecular complexity index is 577. The van der Waals surface area contributed by atoms with Crippen molar-refractivity contribution in [3.8, 4) is 0 Å². The molecule has 1 heterocycles. The van der Waals surface area contributed by atoms with Crippen molar-refractivity contribution in [1.29, 1.82) is 0 Å². The van der Waals surface area contributed by atoms with Crippen molar-refractivity contribution >= 4 is 11.9 Å². The van der Waals surface area contributed by atoms with Crippen LogP contribution in [0.5, 0.6) is 0 Å². The number of ether oxygens (including phenoxy) is 1. The topological polar surface area (TPSA) is 84.6 Å². The Morgan fingerprint density at radius 2 is 2.16 bits per heavy atom. The van der Waals surface area contributed by atoms with E-state index in [1.54, 1.807) is 13.2 Å². The Morgan fingerprint density at radius 3 is 2.80 bits per heavy atom. The van der Waals surface area contributed by atoms with Gasteiger partial charge in [0.15, 0.2) is 5.96 Å². The van der Waals surface area contributed by atoms with Gasteiger partial charge in [-0.15, -0.1) is 5.10 Å². The number of nitrogens with zero attached hydrogens (tertiary/aromatic N) is 5. The van der Waals surface area contributed by atoms with E-state index in [2.05, 4.69) is 44.2 Å². The van der Waals surface area contributed by atoms with Crippen LogP contribution in [0.1, 0.15) is 38.3 Å². The van der Waals surface area contributed by atoms with Crippen LogP contribution >= 0.6 is 0 Å². The van der Waals surface area contributed by atoms with Crippen molar-refractivity contribution in [3.05, 3.63) is 11.9 Å². The van der Waals surface area contributed by atoms with Crippen LogP contribution in [0.3, 0.4) is 0 Å². The standard InChI is InChI=1S/C17H30N6O2/c1-13-5-7-14(8-6-13)10-22(3)17(18-2)19-9-15-11-23(21-20-15)12-16(24)25-4/h11,13-14H,5-10,12H2,1-4H3,(H,18,19). The molecule has 1 saturated carbocycles. The van der Waals surface area contributed by atoms with Gasteiger partial charge in [-0.05, 0) is 24.7 Å². The number of hydrogen-bond donors (Lipinski definition) is 1. The molecule has 0 bridgehead atoms. The number of aromatic nitrogens is 3. The van der Waals surface area contributed by atoms with Crippen molar-refractivity contribution in [1.82, 2.24) is 25.2 Å². The van der Waals surface area contributed by atoms with E-state index in [4.69, 9.17) is 0 Å². The van der Waals surface area contributed by atoms with E-state index in [-0.39, 0.29) is 12.5 Å². The normalized spacial score (nSPS) is 21.0. The molecule has 0 spiro atoms. The van der Waals surface area contributed by atoms with Gasteiger partial charge in [0.25, 0.3) is 0 Å². The van der Waals surface area contributed by atoms with Crippen molar-refractivity contribution in [2.75, 3.05) is 27.7 Å². The molecular weight excluding hydrogens is 320 g/mol. The lowest BCUT2D eigenvalue weighted by Gasteiger charge is -2.31. The summed E-state index contributed by atoms with van der Waals surface area (Å²) in [5, 5.41) is 11.3. The van der Waals surface area contributed by atoms with Crippen molar-refractivity contribution in [2.24, 2.45) is 16.8 Å². The average molecular weight is 350 g/mol. The molecule has 1 aliphatic rings. The van der Waals surface area contributed by atoms with Gasteiger partial charge in [-0.2, -0.15) is 0 Å². The summed E-state index contributed by atoms with van der Waals surface area (Å²) >= 11 is 0. The third-order valence-corrected chi connectivity index (χ3v) is 4.77. The van der Waals surface area contributed by atoms with Gasteiger partial charge in [0.1, 0.15) is 12.2 Å². The first-order valence-corrected chi connectivity index (χ1v) is 8.89. The molecule has 25 heavy (non-hydrogen) atoms. The van der Waals surface area contributed by atoms with Gasteiger partial charge in [-0.3, -0.25) is 9.79 Å². The van der Waals surface area contributed by atoms with Crippen LogP contribution in [0.4, 0.5) is 0 Å². The van der Waals surface area contributed by atoms with Gasteiger partial charge in [-0.25, -0.2) is 4.68 Å². The van der Waals surface area contributed by atoms with Crippen LogP contribution in [0.2, 0.25) is 0 Å². The van der Waals surface area contributed by atoms with Crippen LogP contribution in [0, 0.1) is 11.8 Å². The molecule has 140 valence electrons. The van der Waals surface area contributed by atoms with Crippen LogP contribution in [-0.4, -0.2) is 59.6 Å². The number of guanidine groups is 1. The third-order valence-electron chi connectivity index (χ3n) is 4.77. The van der Waals surface area contributed by atoms with Gasteiger partial charge in [0.2, 0.25) is 0 Å². The lowest BCUT2D eigenvalue weighted by atomic mass is 9.83. The lowest BCUT2D eigenvalue weighted by molar-refractivity contribution is -0.141. The number of aliphatic imine (C=N–C) groups is 1. The second-order valence-electron chi connectivity index (χ2n) is 6.89. The maximum Gasteiger partial charge on any atom is 0.327 e. The van der Waals surface area contributed by atoms with Gasteiger partial charge in [0, 0.05) is 20.6 Å². The van der Waals surface area contributed by atoms with Crippen LogP contribution in [0.25, 0.3) is 0 Å². The summed E-state index contributed by atoms with van der Waals surface area (Å²) in [5.41, 5.74) is 0.755. The molecule has 0 aromatic carbocycles. The summed E-state index contributed by atoms with van der Waals surface area (Å²) in [6.45, 7) is 3.94. The fourth-order valence-corrected chi connectivity index (χ4v) is 3.23. The molecular formula is C17H30N6O2. The highest BCUT2D eigenvalue weighted by Crippen LogP contribution is 2.28. The molecule has 1 aliphatic carbocycles. The van der Waals surface area contributed by atoms with Crippen molar-refractivity contribution in [3.63, 3.8) is 0 Å². The number of carbonyl (C=O) groups is 1. The van der Waals surface area contributed by atoms with E-state index < -0.39 is 0 Å². The second kappa shape index (κ2) is 9.39. The molecule has 0 atom stereocenters. The van der Waals surface area contributed by atoms with E-state index in [1.807, 2.05) is 0 Å². The molecule has 0 unspecified atom stereocenters. The summed E-state index contributed by atoms with van der Waals surface area (Å²) in [7, 11) is 5.21. The van der Waals surface area contributed by atoms with E-state index in [0.717, 1.165) is 30.0 Å². The zero-order chi connectivity index (χ0) is 18.2. The zero-order valence-electron chi connectivity index (χ0n) is 15.7. The molecule has 1 N–H and O–H groups in total. The first-order chi connectivity index (χ1) is 12.0. The predicted molar refractivity (Wildman–Crippen MR) is 96.0 cm³/mol. The summed E-state index contributed by atoms with van der Waals surface area (Å²) in [6, 6.07) is 0. The number of hydrogen-bond acceptors (Lipinski definition) is 5. The lowest BCUT2D eigenvalue weighted by Crippen LogP contribution is -2.41. The van der Waals surface area contributed by atoms with E-state index >= 15 is 0 Å². The van der Waals surface area contributed by atoms with Gasteiger partial charge in [0.05, 0.1) is 19.9 Å². The third kappa shape index (κ3) is 6.03. The fraction of sp³-hybridized carbons (Fsp3) is 0.765. The molecule has 0 radical (unpaired) electrons. The Hall–Kier alpha value is -2.12. The highest BCUT2D eigenvalue weighted by molar-refractivity contribution is 5.79. The van der Waals surface area contributed by atoms with E-state index in [1.165, 1.54) is 37.5 Å². The van der Waals surface area contributed by atoms with Crippen LogP contribution in [-0.2, 0) is 22.6 Å². The Balaban J connectivity index is 1.80. The molecule has 2 rings (SSSR count). The largest absolute Gasteiger partial charge is 0.468 e. The average Bonchev–Trinajstić information content (AvgIpc) is 3.04. The molecule has 0 aliphatic heterocycles. The number of nitrogens with one attached hydrogen (secondary N) is 1. The SMILES string of the molecule is CN=C(NCc1cn(CC(=O)OC)nn1)N(C)CC1CCC(C)CC1. The summed E-state index contributed by atoms with van der Waals surface area (Å²) < 4.78 is 6.09. The van der Waals surface area contributed by atoms with E-state index in [0.29, 0.717) is 6.54 Å². The Labute approximate surface area is 149 Å². The summed E-state index contributed by atoms with van der Waals surface area (Å²) in [4.78, 5) is 17.8. The first kappa shape index (κ1) is 19.2. The summed E-state index contributed by atoms with van der Waals surface area (Å²) in [6.07, 6.45) is 6.98. The van der Waals surface area contributed by atoms with Gasteiger partial charge in [-0.1, -0.05) is 25.0 Å². The van der Waals surface area contributed by atoms with Crippen molar-refractivity contribution < 1.29 is 9.53 Å². The predicted octanol–water partition coefficient (Wildman–Crippen LogP) is 1.28. The monoisotopic (exact) mass is 350 g/mol. The first-order valence-electron chi connectivity index (χ1n) is 8.89. The smallest absolute Gasteiger partial charge is 0.327 e. The summed E-state index contributed by atoms with van der Waals surface area (Å²) in [5.74, 6) is 2.11. The van der Waals surface area contributed by atoms with Gasteiger partial charge >= 0.3 is 5.97 Å². The van der Waals surface area contributed by atoms with Crippen LogP contribution < -0.4 is 5.32 Å². The van der Waals surface area contributed by atoms with Crippen molar-refractivity contribution in [2.45, 2.75) is 45.7 Å².